The monoisotopic (exact) mass is 425 g/mol. The zero-order chi connectivity index (χ0) is 20.9. The van der Waals surface area contributed by atoms with Gasteiger partial charge in [-0.25, -0.2) is 0 Å². The maximum absolute atomic E-state index is 13.4. The fourth-order valence-corrected chi connectivity index (χ4v) is 5.95. The number of fused-ring (bicyclic) bond motifs is 1. The molecule has 1 spiro atoms. The van der Waals surface area contributed by atoms with E-state index < -0.39 is 5.41 Å². The van der Waals surface area contributed by atoms with E-state index >= 15 is 0 Å². The van der Waals surface area contributed by atoms with Crippen LogP contribution in [0.2, 0.25) is 0 Å². The van der Waals surface area contributed by atoms with E-state index in [4.69, 9.17) is 0 Å². The molecule has 8 heteroatoms. The summed E-state index contributed by atoms with van der Waals surface area (Å²) in [5, 5.41) is 6.21. The number of hydrogen-bond acceptors (Lipinski definition) is 5. The van der Waals surface area contributed by atoms with Gasteiger partial charge in [-0.1, -0.05) is 37.5 Å². The normalized spacial score (nSPS) is 21.0. The summed E-state index contributed by atoms with van der Waals surface area (Å²) in [6, 6.07) is 7.67. The first-order valence-electron chi connectivity index (χ1n) is 10.4. The summed E-state index contributed by atoms with van der Waals surface area (Å²) in [6.45, 7) is 0.411. The Hall–Kier alpha value is -2.74. The molecule has 156 valence electrons. The second kappa shape index (κ2) is 7.19. The molecule has 1 aromatic carbocycles. The van der Waals surface area contributed by atoms with Crippen molar-refractivity contribution in [2.45, 2.75) is 44.6 Å². The standard InChI is InChI=1S/C22H23N3O4S/c26-16-10-22(21(29)24-16)11-25(12-22)20(28)17-14-8-4-5-9-15(14)30-18(17)19(27)23-13-6-2-1-3-7-13/h4-5,8-9,13H,1-3,6-7,10-12H2,(H,23,27)(H,24,26,29). The van der Waals surface area contributed by atoms with Crippen LogP contribution in [0.3, 0.4) is 0 Å². The van der Waals surface area contributed by atoms with Crippen molar-refractivity contribution in [3.05, 3.63) is 34.7 Å². The molecule has 3 heterocycles. The first-order chi connectivity index (χ1) is 14.5. The molecule has 2 aromatic rings. The number of carbonyl (C=O) groups excluding carboxylic acids is 4. The molecule has 7 nitrogen and oxygen atoms in total. The molecule has 0 radical (unpaired) electrons. The van der Waals surface area contributed by atoms with Crippen molar-refractivity contribution in [3.63, 3.8) is 0 Å². The minimum atomic E-state index is -0.802. The van der Waals surface area contributed by atoms with E-state index in [0.29, 0.717) is 10.4 Å². The lowest BCUT2D eigenvalue weighted by Crippen LogP contribution is -2.61. The van der Waals surface area contributed by atoms with Crippen LogP contribution in [0.15, 0.2) is 24.3 Å². The number of hydrogen-bond donors (Lipinski definition) is 2. The number of rotatable bonds is 3. The highest BCUT2D eigenvalue weighted by Crippen LogP contribution is 2.40. The van der Waals surface area contributed by atoms with Gasteiger partial charge in [-0.05, 0) is 18.9 Å². The lowest BCUT2D eigenvalue weighted by molar-refractivity contribution is -0.134. The van der Waals surface area contributed by atoms with Gasteiger partial charge in [-0.3, -0.25) is 24.5 Å². The highest BCUT2D eigenvalue weighted by atomic mass is 32.1. The van der Waals surface area contributed by atoms with Gasteiger partial charge in [0, 0.05) is 35.6 Å². The van der Waals surface area contributed by atoms with Gasteiger partial charge < -0.3 is 10.2 Å². The van der Waals surface area contributed by atoms with Gasteiger partial charge in [0.15, 0.2) is 0 Å². The zero-order valence-corrected chi connectivity index (χ0v) is 17.3. The van der Waals surface area contributed by atoms with Crippen LogP contribution in [0, 0.1) is 5.41 Å². The predicted octanol–water partition coefficient (Wildman–Crippen LogP) is 2.45. The molecule has 2 aliphatic heterocycles. The topological polar surface area (TPSA) is 95.6 Å². The SMILES string of the molecule is O=C1CC2(CN(C(=O)c3c(C(=O)NC4CCCCC4)sc4ccccc34)C2)C(=O)N1. The third kappa shape index (κ3) is 3.10. The summed E-state index contributed by atoms with van der Waals surface area (Å²) in [5.74, 6) is -1.04. The Morgan fingerprint density at radius 2 is 1.83 bits per heavy atom. The Morgan fingerprint density at radius 1 is 1.10 bits per heavy atom. The smallest absolute Gasteiger partial charge is 0.262 e. The van der Waals surface area contributed by atoms with Crippen molar-refractivity contribution in [2.24, 2.45) is 5.41 Å². The second-order valence-corrected chi connectivity index (χ2v) is 9.66. The Morgan fingerprint density at radius 3 is 2.53 bits per heavy atom. The number of imide groups is 1. The van der Waals surface area contributed by atoms with E-state index in [2.05, 4.69) is 10.6 Å². The van der Waals surface area contributed by atoms with E-state index in [1.54, 1.807) is 4.90 Å². The van der Waals surface area contributed by atoms with E-state index in [0.717, 1.165) is 35.8 Å². The van der Waals surface area contributed by atoms with Crippen LogP contribution in [-0.4, -0.2) is 47.7 Å². The van der Waals surface area contributed by atoms with Crippen LogP contribution < -0.4 is 10.6 Å². The Balaban J connectivity index is 1.42. The highest BCUT2D eigenvalue weighted by Gasteiger charge is 2.56. The third-order valence-electron chi connectivity index (χ3n) is 6.46. The van der Waals surface area contributed by atoms with Crippen LogP contribution in [0.4, 0.5) is 0 Å². The molecule has 4 amide bonds. The van der Waals surface area contributed by atoms with E-state index in [-0.39, 0.29) is 49.2 Å². The van der Waals surface area contributed by atoms with Crippen molar-refractivity contribution >= 4 is 45.1 Å². The fraction of sp³-hybridized carbons (Fsp3) is 0.455. The average molecular weight is 426 g/mol. The van der Waals surface area contributed by atoms with Gasteiger partial charge in [0.05, 0.1) is 11.0 Å². The van der Waals surface area contributed by atoms with Gasteiger partial charge in [0.1, 0.15) is 4.88 Å². The summed E-state index contributed by atoms with van der Waals surface area (Å²) in [5.41, 5.74) is -0.396. The summed E-state index contributed by atoms with van der Waals surface area (Å²) < 4.78 is 0.888. The van der Waals surface area contributed by atoms with Crippen LogP contribution in [0.25, 0.3) is 10.1 Å². The maximum atomic E-state index is 13.4. The molecule has 0 atom stereocenters. The van der Waals surface area contributed by atoms with Crippen molar-refractivity contribution in [1.29, 1.82) is 0 Å². The quantitative estimate of drug-likeness (QED) is 0.739. The molecule has 0 bridgehead atoms. The first-order valence-corrected chi connectivity index (χ1v) is 11.2. The maximum Gasteiger partial charge on any atom is 0.262 e. The zero-order valence-electron chi connectivity index (χ0n) is 16.5. The average Bonchev–Trinajstić information content (AvgIpc) is 3.24. The summed E-state index contributed by atoms with van der Waals surface area (Å²) >= 11 is 1.33. The van der Waals surface area contributed by atoms with Crippen LogP contribution in [-0.2, 0) is 9.59 Å². The van der Waals surface area contributed by atoms with E-state index in [9.17, 15) is 19.2 Å². The summed E-state index contributed by atoms with van der Waals surface area (Å²) in [7, 11) is 0. The number of amides is 4. The summed E-state index contributed by atoms with van der Waals surface area (Å²) in [6.07, 6.45) is 5.48. The molecule has 2 saturated heterocycles. The van der Waals surface area contributed by atoms with E-state index in [1.165, 1.54) is 17.8 Å². The number of likely N-dealkylation sites (tertiary alicyclic amines) is 1. The van der Waals surface area contributed by atoms with Crippen molar-refractivity contribution < 1.29 is 19.2 Å². The second-order valence-electron chi connectivity index (χ2n) is 8.61. The number of nitrogens with zero attached hydrogens (tertiary/aromatic N) is 1. The lowest BCUT2D eigenvalue weighted by Gasteiger charge is -2.45. The predicted molar refractivity (Wildman–Crippen MR) is 112 cm³/mol. The van der Waals surface area contributed by atoms with E-state index in [1.807, 2.05) is 24.3 Å². The molecule has 5 rings (SSSR count). The van der Waals surface area contributed by atoms with Gasteiger partial charge >= 0.3 is 0 Å². The number of nitrogens with one attached hydrogen (secondary N) is 2. The molecule has 1 aromatic heterocycles. The highest BCUT2D eigenvalue weighted by molar-refractivity contribution is 7.21. The lowest BCUT2D eigenvalue weighted by atomic mass is 9.78. The molecular weight excluding hydrogens is 402 g/mol. The van der Waals surface area contributed by atoms with Crippen LogP contribution in [0.1, 0.15) is 58.6 Å². The molecule has 3 fully saturated rings. The van der Waals surface area contributed by atoms with Gasteiger partial charge in [0.2, 0.25) is 11.8 Å². The molecule has 3 aliphatic rings. The van der Waals surface area contributed by atoms with Gasteiger partial charge in [0.25, 0.3) is 11.8 Å². The third-order valence-corrected chi connectivity index (χ3v) is 7.63. The van der Waals surface area contributed by atoms with Gasteiger partial charge in [-0.2, -0.15) is 0 Å². The number of benzene rings is 1. The molecule has 1 aliphatic carbocycles. The molecule has 30 heavy (non-hydrogen) atoms. The Bertz CT molecular complexity index is 1060. The summed E-state index contributed by atoms with van der Waals surface area (Å²) in [4.78, 5) is 52.2. The Labute approximate surface area is 177 Å². The number of thiophene rings is 1. The first kappa shape index (κ1) is 19.2. The Kier molecular flexibility index (Phi) is 4.61. The van der Waals surface area contributed by atoms with Crippen molar-refractivity contribution in [3.8, 4) is 0 Å². The number of carbonyl (C=O) groups is 4. The minimum Gasteiger partial charge on any atom is -0.349 e. The fourth-order valence-electron chi connectivity index (χ4n) is 4.85. The molecule has 1 saturated carbocycles. The molecule has 0 unspecified atom stereocenters. The van der Waals surface area contributed by atoms with Gasteiger partial charge in [-0.15, -0.1) is 11.3 Å². The van der Waals surface area contributed by atoms with Crippen molar-refractivity contribution in [1.82, 2.24) is 15.5 Å². The largest absolute Gasteiger partial charge is 0.349 e. The molecule has 2 N–H and O–H groups in total. The van der Waals surface area contributed by atoms with Crippen LogP contribution in [0.5, 0.6) is 0 Å². The van der Waals surface area contributed by atoms with Crippen LogP contribution >= 0.6 is 11.3 Å². The van der Waals surface area contributed by atoms with Crippen molar-refractivity contribution in [2.75, 3.05) is 13.1 Å². The minimum absolute atomic E-state index is 0.120. The molecular formula is C22H23N3O4S.